The van der Waals surface area contributed by atoms with Crippen LogP contribution in [0.5, 0.6) is 5.75 Å². The summed E-state index contributed by atoms with van der Waals surface area (Å²) in [6.07, 6.45) is 6.63. The zero-order valence-corrected chi connectivity index (χ0v) is 16.1. The summed E-state index contributed by atoms with van der Waals surface area (Å²) in [4.78, 5) is 28.0. The summed E-state index contributed by atoms with van der Waals surface area (Å²) >= 11 is 6.28. The summed E-state index contributed by atoms with van der Waals surface area (Å²) in [5.41, 5.74) is 0.463. The van der Waals surface area contributed by atoms with Crippen molar-refractivity contribution < 1.29 is 9.53 Å². The molecule has 2 aliphatic heterocycles. The lowest BCUT2D eigenvalue weighted by molar-refractivity contribution is 0.0946. The van der Waals surface area contributed by atoms with Crippen LogP contribution in [-0.2, 0) is 6.54 Å². The second kappa shape index (κ2) is 7.90. The Bertz CT molecular complexity index is 917. The van der Waals surface area contributed by atoms with Crippen molar-refractivity contribution in [1.29, 1.82) is 0 Å². The fourth-order valence-electron chi connectivity index (χ4n) is 3.95. The number of amides is 1. The van der Waals surface area contributed by atoms with Crippen LogP contribution in [0.3, 0.4) is 0 Å². The number of rotatable bonds is 4. The van der Waals surface area contributed by atoms with Crippen molar-refractivity contribution in [2.75, 3.05) is 32.8 Å². The van der Waals surface area contributed by atoms with Gasteiger partial charge in [-0.05, 0) is 38.1 Å². The number of hydrogen-bond acceptors (Lipinski definition) is 4. The fraction of sp³-hybridized carbons (Fsp3) is 0.500. The van der Waals surface area contributed by atoms with Crippen LogP contribution in [-0.4, -0.2) is 48.2 Å². The smallest absolute Gasteiger partial charge is 0.256 e. The van der Waals surface area contributed by atoms with E-state index in [9.17, 15) is 9.59 Å². The number of benzene rings is 1. The molecular formula is C20H24ClN3O3. The van der Waals surface area contributed by atoms with E-state index in [-0.39, 0.29) is 16.9 Å². The van der Waals surface area contributed by atoms with Crippen molar-refractivity contribution >= 4 is 28.4 Å². The van der Waals surface area contributed by atoms with Crippen molar-refractivity contribution in [2.45, 2.75) is 32.2 Å². The molecule has 1 saturated heterocycles. The lowest BCUT2D eigenvalue weighted by Gasteiger charge is -2.22. The molecule has 0 radical (unpaired) electrons. The highest BCUT2D eigenvalue weighted by molar-refractivity contribution is 6.35. The van der Waals surface area contributed by atoms with Crippen LogP contribution in [0, 0.1) is 0 Å². The van der Waals surface area contributed by atoms with Gasteiger partial charge in [-0.25, -0.2) is 0 Å². The Hall–Kier alpha value is -2.05. The lowest BCUT2D eigenvalue weighted by atomic mass is 10.1. The van der Waals surface area contributed by atoms with Crippen molar-refractivity contribution in [3.05, 3.63) is 39.1 Å². The van der Waals surface area contributed by atoms with E-state index >= 15 is 0 Å². The van der Waals surface area contributed by atoms with Crippen LogP contribution in [0.15, 0.2) is 23.1 Å². The molecule has 1 amide bonds. The van der Waals surface area contributed by atoms with E-state index < -0.39 is 0 Å². The number of nitrogens with one attached hydrogen (secondary N) is 1. The molecule has 0 spiro atoms. The topological polar surface area (TPSA) is 63.6 Å². The maximum atomic E-state index is 12.9. The monoisotopic (exact) mass is 389 g/mol. The highest BCUT2D eigenvalue weighted by Gasteiger charge is 2.22. The van der Waals surface area contributed by atoms with Gasteiger partial charge in [-0.2, -0.15) is 0 Å². The van der Waals surface area contributed by atoms with Crippen LogP contribution in [0.4, 0.5) is 0 Å². The van der Waals surface area contributed by atoms with Crippen molar-refractivity contribution in [3.8, 4) is 5.75 Å². The molecule has 1 aromatic heterocycles. The number of hydrogen-bond donors (Lipinski definition) is 1. The van der Waals surface area contributed by atoms with Gasteiger partial charge in [0.05, 0.1) is 22.5 Å². The van der Waals surface area contributed by atoms with Gasteiger partial charge in [0, 0.05) is 19.3 Å². The second-order valence-electron chi connectivity index (χ2n) is 7.19. The van der Waals surface area contributed by atoms with Gasteiger partial charge in [0.25, 0.3) is 5.91 Å². The molecule has 7 heteroatoms. The number of ether oxygens (including phenoxy) is 1. The first-order valence-electron chi connectivity index (χ1n) is 9.64. The molecule has 3 heterocycles. The summed E-state index contributed by atoms with van der Waals surface area (Å²) in [5, 5.41) is 3.61. The first-order valence-corrected chi connectivity index (χ1v) is 10.0. The van der Waals surface area contributed by atoms with E-state index in [4.69, 9.17) is 16.3 Å². The third kappa shape index (κ3) is 3.69. The molecule has 144 valence electrons. The SMILES string of the molecule is O=C(NCCN1CCCCCC1)c1cn2c3c(ccc(Cl)c3c1=O)OCC2. The Kier molecular flexibility index (Phi) is 5.36. The average molecular weight is 390 g/mol. The molecule has 0 saturated carbocycles. The molecule has 0 atom stereocenters. The molecule has 27 heavy (non-hydrogen) atoms. The van der Waals surface area contributed by atoms with E-state index in [1.807, 2.05) is 4.57 Å². The first-order chi connectivity index (χ1) is 13.1. The number of carbonyl (C=O) groups excluding carboxylic acids is 1. The predicted octanol–water partition coefficient (Wildman–Crippen LogP) is 2.65. The maximum Gasteiger partial charge on any atom is 0.256 e. The molecule has 4 rings (SSSR count). The predicted molar refractivity (Wildman–Crippen MR) is 106 cm³/mol. The van der Waals surface area contributed by atoms with E-state index in [1.165, 1.54) is 25.7 Å². The standard InChI is InChI=1S/C20H24ClN3O3/c21-15-5-6-16-18-17(15)19(25)14(13-24(18)11-12-27-16)20(26)22-7-10-23-8-3-1-2-4-9-23/h5-6,13H,1-4,7-12H2,(H,22,26). The molecule has 1 N–H and O–H groups in total. The Balaban J connectivity index is 1.55. The van der Waals surface area contributed by atoms with Gasteiger partial charge in [-0.1, -0.05) is 24.4 Å². The van der Waals surface area contributed by atoms with Crippen LogP contribution in [0.2, 0.25) is 5.02 Å². The molecular weight excluding hydrogens is 366 g/mol. The summed E-state index contributed by atoms with van der Waals surface area (Å²) in [6, 6.07) is 3.41. The Morgan fingerprint density at radius 1 is 1.15 bits per heavy atom. The van der Waals surface area contributed by atoms with Gasteiger partial charge >= 0.3 is 0 Å². The summed E-state index contributed by atoms with van der Waals surface area (Å²) < 4.78 is 7.52. The molecule has 0 bridgehead atoms. The average Bonchev–Trinajstić information content (AvgIpc) is 2.94. The second-order valence-corrected chi connectivity index (χ2v) is 7.60. The fourth-order valence-corrected chi connectivity index (χ4v) is 4.19. The largest absolute Gasteiger partial charge is 0.490 e. The van der Waals surface area contributed by atoms with Crippen molar-refractivity contribution in [2.24, 2.45) is 0 Å². The van der Waals surface area contributed by atoms with Crippen LogP contribution < -0.4 is 15.5 Å². The van der Waals surface area contributed by atoms with Gasteiger partial charge in [-0.3, -0.25) is 9.59 Å². The highest BCUT2D eigenvalue weighted by atomic mass is 35.5. The molecule has 1 aromatic carbocycles. The summed E-state index contributed by atoms with van der Waals surface area (Å²) in [5.74, 6) is 0.291. The highest BCUT2D eigenvalue weighted by Crippen LogP contribution is 2.31. The van der Waals surface area contributed by atoms with E-state index in [0.717, 1.165) is 19.6 Å². The first kappa shape index (κ1) is 18.3. The van der Waals surface area contributed by atoms with Crippen LogP contribution >= 0.6 is 11.6 Å². The minimum absolute atomic E-state index is 0.138. The van der Waals surface area contributed by atoms with E-state index in [2.05, 4.69) is 10.2 Å². The maximum absolute atomic E-state index is 12.9. The van der Waals surface area contributed by atoms with Gasteiger partial charge in [0.15, 0.2) is 0 Å². The quantitative estimate of drug-likeness (QED) is 0.873. The molecule has 2 aromatic rings. The molecule has 0 aliphatic carbocycles. The normalized spacial score (nSPS) is 17.4. The number of pyridine rings is 1. The van der Waals surface area contributed by atoms with Crippen molar-refractivity contribution in [3.63, 3.8) is 0 Å². The van der Waals surface area contributed by atoms with E-state index in [1.54, 1.807) is 18.3 Å². The third-order valence-corrected chi connectivity index (χ3v) is 5.70. The minimum atomic E-state index is -0.342. The van der Waals surface area contributed by atoms with Gasteiger partial charge < -0.3 is 19.5 Å². The molecule has 6 nitrogen and oxygen atoms in total. The van der Waals surface area contributed by atoms with Crippen LogP contribution in [0.25, 0.3) is 10.9 Å². The van der Waals surface area contributed by atoms with Gasteiger partial charge in [-0.15, -0.1) is 0 Å². The zero-order valence-electron chi connectivity index (χ0n) is 15.3. The third-order valence-electron chi connectivity index (χ3n) is 5.38. The molecule has 1 fully saturated rings. The number of likely N-dealkylation sites (tertiary alicyclic amines) is 1. The minimum Gasteiger partial charge on any atom is -0.490 e. The van der Waals surface area contributed by atoms with Gasteiger partial charge in [0.2, 0.25) is 5.43 Å². The number of aromatic nitrogens is 1. The lowest BCUT2D eigenvalue weighted by Crippen LogP contribution is -2.37. The number of carbonyl (C=O) groups is 1. The van der Waals surface area contributed by atoms with E-state index in [0.29, 0.717) is 41.4 Å². The zero-order chi connectivity index (χ0) is 18.8. The Morgan fingerprint density at radius 3 is 2.70 bits per heavy atom. The van der Waals surface area contributed by atoms with Crippen LogP contribution in [0.1, 0.15) is 36.0 Å². The van der Waals surface area contributed by atoms with Crippen molar-refractivity contribution in [1.82, 2.24) is 14.8 Å². The molecule has 2 aliphatic rings. The van der Waals surface area contributed by atoms with Gasteiger partial charge in [0.1, 0.15) is 17.9 Å². The summed E-state index contributed by atoms with van der Waals surface area (Å²) in [7, 11) is 0. The number of halogens is 1. The Labute approximate surface area is 163 Å². The Morgan fingerprint density at radius 2 is 1.93 bits per heavy atom. The number of nitrogens with zero attached hydrogens (tertiary/aromatic N) is 2. The molecule has 0 unspecified atom stereocenters. The summed E-state index contributed by atoms with van der Waals surface area (Å²) in [6.45, 7) is 4.59.